The highest BCUT2D eigenvalue weighted by Gasteiger charge is 2.31. The number of carbonyl (C=O) groups excluding carboxylic acids is 1. The van der Waals surface area contributed by atoms with Gasteiger partial charge in [-0.1, -0.05) is 55.5 Å². The number of aryl methyl sites for hydroxylation is 1. The number of nitrogens with zero attached hydrogens (tertiary/aromatic N) is 1. The molecule has 1 fully saturated rings. The summed E-state index contributed by atoms with van der Waals surface area (Å²) in [6.07, 6.45) is 4.84. The topological polar surface area (TPSA) is 32.3 Å². The van der Waals surface area contributed by atoms with Gasteiger partial charge < -0.3 is 10.2 Å². The predicted molar refractivity (Wildman–Crippen MR) is 108 cm³/mol. The van der Waals surface area contributed by atoms with Crippen LogP contribution in [-0.2, 0) is 11.2 Å². The lowest BCUT2D eigenvalue weighted by atomic mass is 9.85. The van der Waals surface area contributed by atoms with Gasteiger partial charge >= 0.3 is 0 Å². The van der Waals surface area contributed by atoms with E-state index in [0.717, 1.165) is 44.5 Å². The number of carbonyl (C=O) groups is 1. The molecular weight excluding hydrogens is 320 g/mol. The molecule has 3 rings (SSSR count). The summed E-state index contributed by atoms with van der Waals surface area (Å²) in [6.45, 7) is 4.07. The number of amides is 1. The van der Waals surface area contributed by atoms with E-state index < -0.39 is 0 Å². The Hall–Kier alpha value is -2.13. The summed E-state index contributed by atoms with van der Waals surface area (Å²) < 4.78 is 0. The van der Waals surface area contributed by atoms with E-state index in [4.69, 9.17) is 0 Å². The quantitative estimate of drug-likeness (QED) is 0.801. The van der Waals surface area contributed by atoms with Crippen LogP contribution in [0.1, 0.15) is 38.2 Å². The lowest BCUT2D eigenvalue weighted by Gasteiger charge is -2.39. The van der Waals surface area contributed by atoms with Gasteiger partial charge in [0.05, 0.1) is 0 Å². The Morgan fingerprint density at radius 1 is 1.04 bits per heavy atom. The van der Waals surface area contributed by atoms with Crippen molar-refractivity contribution in [2.24, 2.45) is 5.92 Å². The second kappa shape index (κ2) is 9.54. The third kappa shape index (κ3) is 4.73. The van der Waals surface area contributed by atoms with Gasteiger partial charge in [0, 0.05) is 18.2 Å². The minimum absolute atomic E-state index is 0.229. The number of hydrogen-bond acceptors (Lipinski definition) is 2. The molecule has 0 bridgehead atoms. The molecule has 138 valence electrons. The van der Waals surface area contributed by atoms with Crippen LogP contribution in [0.4, 0.5) is 5.69 Å². The van der Waals surface area contributed by atoms with E-state index in [-0.39, 0.29) is 11.9 Å². The van der Waals surface area contributed by atoms with Crippen molar-refractivity contribution in [1.82, 2.24) is 5.32 Å². The molecule has 2 aromatic carbocycles. The van der Waals surface area contributed by atoms with E-state index in [2.05, 4.69) is 52.7 Å². The number of anilines is 1. The van der Waals surface area contributed by atoms with E-state index in [9.17, 15) is 4.79 Å². The van der Waals surface area contributed by atoms with E-state index in [0.29, 0.717) is 12.3 Å². The fourth-order valence-electron chi connectivity index (χ4n) is 4.04. The largest absolute Gasteiger partial charge is 0.317 e. The summed E-state index contributed by atoms with van der Waals surface area (Å²) in [5.41, 5.74) is 2.39. The zero-order valence-electron chi connectivity index (χ0n) is 15.7. The molecule has 2 aromatic rings. The smallest absolute Gasteiger partial charge is 0.226 e. The first-order valence-corrected chi connectivity index (χ1v) is 9.91. The fourth-order valence-corrected chi connectivity index (χ4v) is 4.04. The van der Waals surface area contributed by atoms with Gasteiger partial charge in [-0.3, -0.25) is 4.79 Å². The lowest BCUT2D eigenvalue weighted by Crippen LogP contribution is -2.48. The molecule has 0 aromatic heterocycles. The summed E-state index contributed by atoms with van der Waals surface area (Å²) in [7, 11) is 0. The van der Waals surface area contributed by atoms with Gasteiger partial charge in [0.25, 0.3) is 0 Å². The highest BCUT2D eigenvalue weighted by Crippen LogP contribution is 2.30. The molecule has 1 unspecified atom stereocenters. The first-order chi connectivity index (χ1) is 12.8. The third-order valence-electron chi connectivity index (χ3n) is 5.44. The molecule has 1 atom stereocenters. The van der Waals surface area contributed by atoms with Crippen molar-refractivity contribution in [3.63, 3.8) is 0 Å². The summed E-state index contributed by atoms with van der Waals surface area (Å²) in [6, 6.07) is 21.1. The number of nitrogens with one attached hydrogen (secondary N) is 1. The monoisotopic (exact) mass is 350 g/mol. The number of hydrogen-bond donors (Lipinski definition) is 1. The number of piperidine rings is 1. The van der Waals surface area contributed by atoms with E-state index in [1.165, 1.54) is 5.56 Å². The molecule has 1 heterocycles. The zero-order chi connectivity index (χ0) is 18.2. The maximum Gasteiger partial charge on any atom is 0.226 e. The van der Waals surface area contributed by atoms with Crippen LogP contribution in [0.2, 0.25) is 0 Å². The molecule has 0 radical (unpaired) electrons. The Bertz CT molecular complexity index is 665. The second-order valence-electron chi connectivity index (χ2n) is 7.13. The van der Waals surface area contributed by atoms with Crippen molar-refractivity contribution in [1.29, 1.82) is 0 Å². The second-order valence-corrected chi connectivity index (χ2v) is 7.13. The predicted octanol–water partition coefficient (Wildman–Crippen LogP) is 4.43. The summed E-state index contributed by atoms with van der Waals surface area (Å²) in [4.78, 5) is 15.0. The van der Waals surface area contributed by atoms with E-state index in [1.807, 2.05) is 25.1 Å². The molecule has 1 saturated heterocycles. The maximum absolute atomic E-state index is 12.9. The van der Waals surface area contributed by atoms with Crippen LogP contribution in [0, 0.1) is 5.92 Å². The molecular formula is C23H30N2O. The average Bonchev–Trinajstić information content (AvgIpc) is 2.72. The third-order valence-corrected chi connectivity index (χ3v) is 5.44. The van der Waals surface area contributed by atoms with Crippen molar-refractivity contribution in [2.75, 3.05) is 18.0 Å². The molecule has 0 saturated carbocycles. The minimum atomic E-state index is 0.229. The van der Waals surface area contributed by atoms with Crippen LogP contribution in [0.5, 0.6) is 0 Å². The van der Waals surface area contributed by atoms with E-state index in [1.54, 1.807) is 0 Å². The first kappa shape index (κ1) is 18.7. The molecule has 26 heavy (non-hydrogen) atoms. The molecule has 1 N–H and O–H groups in total. The van der Waals surface area contributed by atoms with Gasteiger partial charge in [0.2, 0.25) is 5.91 Å². The molecule has 1 amide bonds. The van der Waals surface area contributed by atoms with Crippen LogP contribution >= 0.6 is 0 Å². The van der Waals surface area contributed by atoms with Crippen molar-refractivity contribution in [2.45, 2.75) is 45.1 Å². The molecule has 0 spiro atoms. The molecule has 3 nitrogen and oxygen atoms in total. The standard InChI is InChI=1S/C23H30N2O/c1-2-23(26)25(21-11-7-4-8-12-21)22(20-15-17-24-18-16-20)14-13-19-9-5-3-6-10-19/h3-12,20,22,24H,2,13-18H2,1H3. The van der Waals surface area contributed by atoms with Crippen molar-refractivity contribution in [3.05, 3.63) is 66.2 Å². The normalized spacial score (nSPS) is 16.2. The van der Waals surface area contributed by atoms with Crippen LogP contribution in [0.3, 0.4) is 0 Å². The number of benzene rings is 2. The Balaban J connectivity index is 1.86. The van der Waals surface area contributed by atoms with Gasteiger partial charge in [0.1, 0.15) is 0 Å². The van der Waals surface area contributed by atoms with Gasteiger partial charge in [-0.05, 0) is 62.4 Å². The van der Waals surface area contributed by atoms with Gasteiger partial charge in [-0.25, -0.2) is 0 Å². The highest BCUT2D eigenvalue weighted by atomic mass is 16.2. The number of para-hydroxylation sites is 1. The average molecular weight is 351 g/mol. The molecule has 3 heteroatoms. The van der Waals surface area contributed by atoms with Gasteiger partial charge in [-0.2, -0.15) is 0 Å². The highest BCUT2D eigenvalue weighted by molar-refractivity contribution is 5.93. The molecule has 1 aliphatic rings. The number of rotatable bonds is 7. The van der Waals surface area contributed by atoms with Crippen molar-refractivity contribution in [3.8, 4) is 0 Å². The minimum Gasteiger partial charge on any atom is -0.317 e. The fraction of sp³-hybridized carbons (Fsp3) is 0.435. The van der Waals surface area contributed by atoms with Gasteiger partial charge in [0.15, 0.2) is 0 Å². The lowest BCUT2D eigenvalue weighted by molar-refractivity contribution is -0.119. The summed E-state index contributed by atoms with van der Waals surface area (Å²) >= 11 is 0. The Labute approximate surface area is 157 Å². The zero-order valence-corrected chi connectivity index (χ0v) is 15.7. The maximum atomic E-state index is 12.9. The van der Waals surface area contributed by atoms with Gasteiger partial charge in [-0.15, -0.1) is 0 Å². The Morgan fingerprint density at radius 2 is 1.65 bits per heavy atom. The van der Waals surface area contributed by atoms with Crippen LogP contribution in [0.15, 0.2) is 60.7 Å². The molecule has 0 aliphatic carbocycles. The van der Waals surface area contributed by atoms with Crippen LogP contribution in [-0.4, -0.2) is 25.0 Å². The Kier molecular flexibility index (Phi) is 6.84. The Morgan fingerprint density at radius 3 is 2.27 bits per heavy atom. The van der Waals surface area contributed by atoms with Crippen molar-refractivity contribution < 1.29 is 4.79 Å². The molecule has 1 aliphatic heterocycles. The van der Waals surface area contributed by atoms with Crippen molar-refractivity contribution >= 4 is 11.6 Å². The summed E-state index contributed by atoms with van der Waals surface area (Å²) in [5, 5.41) is 3.46. The summed E-state index contributed by atoms with van der Waals surface area (Å²) in [5.74, 6) is 0.781. The SMILES string of the molecule is CCC(=O)N(c1ccccc1)C(CCc1ccccc1)C1CCNCC1. The van der Waals surface area contributed by atoms with Crippen LogP contribution < -0.4 is 10.2 Å². The van der Waals surface area contributed by atoms with Crippen LogP contribution in [0.25, 0.3) is 0 Å². The van der Waals surface area contributed by atoms with E-state index >= 15 is 0 Å². The first-order valence-electron chi connectivity index (χ1n) is 9.91.